The Balaban J connectivity index is 1.64. The minimum atomic E-state index is -0.749. The van der Waals surface area contributed by atoms with Crippen molar-refractivity contribution in [3.05, 3.63) is 65.3 Å². The Morgan fingerprint density at radius 1 is 1.20 bits per heavy atom. The third kappa shape index (κ3) is 4.25. The third-order valence-electron chi connectivity index (χ3n) is 7.18. The lowest BCUT2D eigenvalue weighted by atomic mass is 9.97. The van der Waals surface area contributed by atoms with E-state index in [0.717, 1.165) is 11.3 Å². The molecule has 206 valence electrons. The molecule has 1 fully saturated rings. The van der Waals surface area contributed by atoms with E-state index in [1.54, 1.807) is 35.0 Å². The molecule has 0 spiro atoms. The van der Waals surface area contributed by atoms with Crippen molar-refractivity contribution in [1.29, 1.82) is 5.26 Å². The number of hydrogen-bond donors (Lipinski definition) is 1. The fourth-order valence-electron chi connectivity index (χ4n) is 5.26. The molecule has 9 nitrogen and oxygen atoms in total. The van der Waals surface area contributed by atoms with E-state index in [1.165, 1.54) is 18.2 Å². The molecule has 0 radical (unpaired) electrons. The lowest BCUT2D eigenvalue weighted by Gasteiger charge is -2.37. The van der Waals surface area contributed by atoms with Gasteiger partial charge in [0.05, 0.1) is 26.6 Å². The monoisotopic (exact) mass is 590 g/mol. The second-order valence-electron chi connectivity index (χ2n) is 9.42. The highest BCUT2D eigenvalue weighted by Gasteiger charge is 2.30. The van der Waals surface area contributed by atoms with Crippen LogP contribution >= 0.6 is 22.9 Å². The van der Waals surface area contributed by atoms with E-state index in [0.29, 0.717) is 42.9 Å². The molecule has 1 aliphatic rings. The van der Waals surface area contributed by atoms with Crippen LogP contribution in [-0.4, -0.2) is 56.7 Å². The van der Waals surface area contributed by atoms with Gasteiger partial charge in [0, 0.05) is 55.9 Å². The highest BCUT2D eigenvalue weighted by Crippen LogP contribution is 2.44. The van der Waals surface area contributed by atoms with Gasteiger partial charge in [-0.25, -0.2) is 18.7 Å². The van der Waals surface area contributed by atoms with Crippen molar-refractivity contribution in [2.45, 2.75) is 0 Å². The third-order valence-corrected chi connectivity index (χ3v) is 8.37. The maximum atomic E-state index is 16.7. The van der Waals surface area contributed by atoms with E-state index in [2.05, 4.69) is 27.7 Å². The predicted molar refractivity (Wildman–Crippen MR) is 156 cm³/mol. The van der Waals surface area contributed by atoms with Gasteiger partial charge in [0.2, 0.25) is 5.91 Å². The second kappa shape index (κ2) is 10.1. The minimum Gasteiger partial charge on any atom is -0.375 e. The molecular weight excluding hydrogens is 570 g/mol. The van der Waals surface area contributed by atoms with Gasteiger partial charge >= 0.3 is 0 Å². The number of carbonyl (C=O) groups excluding carboxylic acids is 1. The Labute approximate surface area is 241 Å². The summed E-state index contributed by atoms with van der Waals surface area (Å²) in [6, 6.07) is 8.15. The first-order chi connectivity index (χ1) is 19.7. The molecule has 1 amide bonds. The van der Waals surface area contributed by atoms with Gasteiger partial charge in [-0.2, -0.15) is 10.4 Å². The summed E-state index contributed by atoms with van der Waals surface area (Å²) in [7, 11) is 1.70. The molecule has 0 saturated carbocycles. The van der Waals surface area contributed by atoms with Crippen LogP contribution in [0.2, 0.25) is 5.02 Å². The molecule has 1 saturated heterocycles. The smallest absolute Gasteiger partial charge is 0.246 e. The van der Waals surface area contributed by atoms with Crippen LogP contribution in [0.5, 0.6) is 0 Å². The highest BCUT2D eigenvalue weighted by atomic mass is 35.5. The maximum absolute atomic E-state index is 16.7. The summed E-state index contributed by atoms with van der Waals surface area (Å²) >= 11 is 7.71. The quantitative estimate of drug-likeness (QED) is 0.288. The Kier molecular flexibility index (Phi) is 6.56. The molecule has 41 heavy (non-hydrogen) atoms. The lowest BCUT2D eigenvalue weighted by Crippen LogP contribution is -2.48. The number of thiazole rings is 1. The topological polar surface area (TPSA) is 117 Å². The zero-order chi connectivity index (χ0) is 29.0. The first-order valence-electron chi connectivity index (χ1n) is 12.5. The summed E-state index contributed by atoms with van der Waals surface area (Å²) in [4.78, 5) is 24.7. The van der Waals surface area contributed by atoms with Gasteiger partial charge in [0.1, 0.15) is 28.7 Å². The van der Waals surface area contributed by atoms with E-state index in [-0.39, 0.29) is 54.2 Å². The Bertz CT molecular complexity index is 1940. The first kappa shape index (κ1) is 26.6. The number of pyridine rings is 1. The Morgan fingerprint density at radius 2 is 1.95 bits per heavy atom. The number of anilines is 2. The fraction of sp³-hybridized carbons (Fsp3) is 0.179. The van der Waals surface area contributed by atoms with Gasteiger partial charge < -0.3 is 15.5 Å². The number of benzene rings is 2. The van der Waals surface area contributed by atoms with Gasteiger partial charge in [-0.3, -0.25) is 9.48 Å². The standard InChI is InChI=1S/C28H21ClF2N8OS/c1-3-20(40)38-8-10-39(11-9-38)26-15-12-17(29)21(14-4-5-18(30)27-25(14)36-28(33)41-27)22(31)24(15)35-23(16(26)13-32)19-6-7-34-37(19)2/h3-7,12H,1,8-11H2,2H3,(H2,33,36). The number of aromatic nitrogens is 4. The van der Waals surface area contributed by atoms with Crippen LogP contribution in [0.15, 0.2) is 43.1 Å². The number of halogens is 3. The second-order valence-corrected chi connectivity index (χ2v) is 10.9. The molecule has 2 aromatic carbocycles. The molecule has 4 heterocycles. The maximum Gasteiger partial charge on any atom is 0.246 e. The molecule has 0 atom stereocenters. The van der Waals surface area contributed by atoms with E-state index in [9.17, 15) is 14.4 Å². The number of nitriles is 1. The molecule has 3 aromatic heterocycles. The summed E-state index contributed by atoms with van der Waals surface area (Å²) in [6.45, 7) is 5.09. The van der Waals surface area contributed by atoms with Crippen molar-refractivity contribution in [2.24, 2.45) is 7.05 Å². The van der Waals surface area contributed by atoms with Crippen LogP contribution < -0.4 is 10.6 Å². The summed E-state index contributed by atoms with van der Waals surface area (Å²) in [6.07, 6.45) is 2.82. The molecule has 0 aliphatic carbocycles. The number of nitrogens with zero attached hydrogens (tertiary/aromatic N) is 7. The van der Waals surface area contributed by atoms with Crippen molar-refractivity contribution < 1.29 is 13.6 Å². The van der Waals surface area contributed by atoms with Crippen molar-refractivity contribution in [3.63, 3.8) is 0 Å². The molecule has 6 rings (SSSR count). The fourth-order valence-corrected chi connectivity index (χ4v) is 6.32. The normalized spacial score (nSPS) is 13.6. The number of rotatable bonds is 4. The Hall–Kier alpha value is -4.60. The molecule has 13 heteroatoms. The van der Waals surface area contributed by atoms with Gasteiger partial charge in [-0.15, -0.1) is 0 Å². The van der Waals surface area contributed by atoms with E-state index in [4.69, 9.17) is 17.3 Å². The van der Waals surface area contributed by atoms with Crippen LogP contribution in [0.25, 0.3) is 43.6 Å². The number of amides is 1. The van der Waals surface area contributed by atoms with Gasteiger partial charge in [0.25, 0.3) is 0 Å². The molecule has 5 aromatic rings. The summed E-state index contributed by atoms with van der Waals surface area (Å²) in [5.74, 6) is -1.46. The largest absolute Gasteiger partial charge is 0.375 e. The number of fused-ring (bicyclic) bond motifs is 2. The van der Waals surface area contributed by atoms with Gasteiger partial charge in [-0.05, 0) is 30.3 Å². The average molecular weight is 591 g/mol. The van der Waals surface area contributed by atoms with Crippen molar-refractivity contribution in [3.8, 4) is 28.6 Å². The van der Waals surface area contributed by atoms with E-state index < -0.39 is 11.6 Å². The summed E-state index contributed by atoms with van der Waals surface area (Å²) in [5.41, 5.74) is 7.72. The molecule has 0 bridgehead atoms. The number of nitrogen functional groups attached to an aromatic ring is 1. The SMILES string of the molecule is C=CC(=O)N1CCN(c2c(C#N)c(-c3ccnn3C)nc3c(F)c(-c4ccc(F)c5sc(N)nc45)c(Cl)cc23)CC1. The van der Waals surface area contributed by atoms with Crippen LogP contribution in [0.4, 0.5) is 19.6 Å². The number of aryl methyl sites for hydroxylation is 1. The van der Waals surface area contributed by atoms with Crippen molar-refractivity contribution >= 4 is 60.8 Å². The van der Waals surface area contributed by atoms with Gasteiger partial charge in [0.15, 0.2) is 10.9 Å². The molecule has 1 aliphatic heterocycles. The average Bonchev–Trinajstić information content (AvgIpc) is 3.58. The number of piperazine rings is 1. The zero-order valence-electron chi connectivity index (χ0n) is 21.7. The molecular formula is C28H21ClF2N8OS. The Morgan fingerprint density at radius 3 is 2.61 bits per heavy atom. The van der Waals surface area contributed by atoms with Crippen LogP contribution in [0, 0.1) is 23.0 Å². The number of carbonyl (C=O) groups is 1. The minimum absolute atomic E-state index is 0.00465. The van der Waals surface area contributed by atoms with Crippen LogP contribution in [0.3, 0.4) is 0 Å². The first-order valence-corrected chi connectivity index (χ1v) is 13.7. The van der Waals surface area contributed by atoms with Crippen LogP contribution in [-0.2, 0) is 11.8 Å². The molecule has 2 N–H and O–H groups in total. The number of nitrogens with two attached hydrogens (primary N) is 1. The lowest BCUT2D eigenvalue weighted by molar-refractivity contribution is -0.126. The predicted octanol–water partition coefficient (Wildman–Crippen LogP) is 5.13. The summed E-state index contributed by atoms with van der Waals surface area (Å²) < 4.78 is 33.0. The van der Waals surface area contributed by atoms with Crippen molar-refractivity contribution in [1.82, 2.24) is 24.6 Å². The van der Waals surface area contributed by atoms with E-state index in [1.807, 2.05) is 4.90 Å². The molecule has 0 unspecified atom stereocenters. The zero-order valence-corrected chi connectivity index (χ0v) is 23.2. The van der Waals surface area contributed by atoms with E-state index >= 15 is 4.39 Å². The highest BCUT2D eigenvalue weighted by molar-refractivity contribution is 7.22. The summed E-state index contributed by atoms with van der Waals surface area (Å²) in [5, 5.41) is 15.1. The van der Waals surface area contributed by atoms with Gasteiger partial charge in [-0.1, -0.05) is 29.5 Å². The van der Waals surface area contributed by atoms with Crippen molar-refractivity contribution in [2.75, 3.05) is 36.8 Å². The van der Waals surface area contributed by atoms with Crippen LogP contribution in [0.1, 0.15) is 5.56 Å². The number of hydrogen-bond acceptors (Lipinski definition) is 8.